The van der Waals surface area contributed by atoms with Crippen molar-refractivity contribution >= 4 is 11.0 Å². The lowest BCUT2D eigenvalue weighted by Crippen LogP contribution is -2.34. The number of benzene rings is 1. The van der Waals surface area contributed by atoms with Crippen LogP contribution in [-0.4, -0.2) is 43.2 Å². The number of hydrogen-bond donors (Lipinski definition) is 3. The van der Waals surface area contributed by atoms with Crippen LogP contribution >= 0.6 is 0 Å². The Balaban J connectivity index is 1.67. The predicted molar refractivity (Wildman–Crippen MR) is 91.8 cm³/mol. The number of aromatic nitrogens is 2. The van der Waals surface area contributed by atoms with Crippen LogP contribution in [0.25, 0.3) is 11.0 Å². The van der Waals surface area contributed by atoms with Crippen molar-refractivity contribution in [3.05, 3.63) is 66.0 Å². The van der Waals surface area contributed by atoms with E-state index >= 15 is 0 Å². The van der Waals surface area contributed by atoms with Gasteiger partial charge in [-0.2, -0.15) is 0 Å². The third-order valence-electron chi connectivity index (χ3n) is 4.84. The average Bonchev–Trinajstić information content (AvgIpc) is 3.18. The second kappa shape index (κ2) is 6.24. The number of fused-ring (bicyclic) bond motifs is 1. The quantitative estimate of drug-likeness (QED) is 0.675. The minimum atomic E-state index is -1.21. The van der Waals surface area contributed by atoms with Crippen LogP contribution in [0.1, 0.15) is 23.5 Å². The monoisotopic (exact) mass is 340 g/mol. The van der Waals surface area contributed by atoms with Gasteiger partial charge in [0.05, 0.1) is 0 Å². The molecule has 6 nitrogen and oxygen atoms in total. The SMILES string of the molecule is Cc1ccnc2c1ccn2C1OC(C(O)c2ccccc2)C(O)C1O. The van der Waals surface area contributed by atoms with E-state index in [-0.39, 0.29) is 0 Å². The highest BCUT2D eigenvalue weighted by Gasteiger charge is 2.47. The number of aryl methyl sites for hydroxylation is 1. The lowest BCUT2D eigenvalue weighted by atomic mass is 9.99. The molecule has 0 aliphatic carbocycles. The molecule has 0 bridgehead atoms. The van der Waals surface area contributed by atoms with Gasteiger partial charge in [-0.3, -0.25) is 0 Å². The predicted octanol–water partition coefficient (Wildman–Crippen LogP) is 1.70. The molecule has 0 spiro atoms. The molecule has 0 radical (unpaired) electrons. The summed E-state index contributed by atoms with van der Waals surface area (Å²) in [5.74, 6) is 0. The van der Waals surface area contributed by atoms with Gasteiger partial charge in [0.15, 0.2) is 6.23 Å². The molecular weight excluding hydrogens is 320 g/mol. The molecule has 0 saturated carbocycles. The number of aliphatic hydroxyl groups is 3. The molecule has 1 aliphatic rings. The van der Waals surface area contributed by atoms with Crippen molar-refractivity contribution < 1.29 is 20.1 Å². The molecule has 3 N–H and O–H groups in total. The topological polar surface area (TPSA) is 87.7 Å². The summed E-state index contributed by atoms with van der Waals surface area (Å²) in [6.45, 7) is 1.98. The van der Waals surface area contributed by atoms with Gasteiger partial charge >= 0.3 is 0 Å². The Morgan fingerprint density at radius 2 is 1.84 bits per heavy atom. The zero-order valence-electron chi connectivity index (χ0n) is 13.7. The van der Waals surface area contributed by atoms with Crippen molar-refractivity contribution in [2.75, 3.05) is 0 Å². The zero-order valence-corrected chi connectivity index (χ0v) is 13.7. The number of ether oxygens (including phenoxy) is 1. The van der Waals surface area contributed by atoms with Crippen LogP contribution in [0.5, 0.6) is 0 Å². The van der Waals surface area contributed by atoms with Gasteiger partial charge in [0, 0.05) is 17.8 Å². The first-order chi connectivity index (χ1) is 12.1. The molecule has 5 unspecified atom stereocenters. The van der Waals surface area contributed by atoms with Gasteiger partial charge in [-0.25, -0.2) is 4.98 Å². The lowest BCUT2D eigenvalue weighted by Gasteiger charge is -2.21. The standard InChI is InChI=1S/C19H20N2O4/c1-11-7-9-20-18-13(11)8-10-21(18)19-16(24)15(23)17(25-19)14(22)12-5-3-2-4-6-12/h2-10,14-17,19,22-24H,1H3. The second-order valence-electron chi connectivity index (χ2n) is 6.42. The Hall–Kier alpha value is -2.25. The van der Waals surface area contributed by atoms with E-state index in [0.29, 0.717) is 11.2 Å². The third-order valence-corrected chi connectivity index (χ3v) is 4.84. The lowest BCUT2D eigenvalue weighted by molar-refractivity contribution is -0.0848. The second-order valence-corrected chi connectivity index (χ2v) is 6.42. The molecule has 25 heavy (non-hydrogen) atoms. The average molecular weight is 340 g/mol. The van der Waals surface area contributed by atoms with Gasteiger partial charge < -0.3 is 24.6 Å². The molecule has 130 valence electrons. The first kappa shape index (κ1) is 16.2. The molecule has 3 heterocycles. The Bertz CT molecular complexity index is 880. The first-order valence-electron chi connectivity index (χ1n) is 8.24. The van der Waals surface area contributed by atoms with Crippen LogP contribution in [0.3, 0.4) is 0 Å². The fraction of sp³-hybridized carbons (Fsp3) is 0.316. The van der Waals surface area contributed by atoms with Crippen LogP contribution in [-0.2, 0) is 4.74 Å². The van der Waals surface area contributed by atoms with Crippen molar-refractivity contribution in [3.63, 3.8) is 0 Å². The molecule has 3 aromatic rings. The molecular formula is C19H20N2O4. The third kappa shape index (κ3) is 2.63. The van der Waals surface area contributed by atoms with Crippen LogP contribution in [0.15, 0.2) is 54.9 Å². The Kier molecular flexibility index (Phi) is 4.05. The summed E-state index contributed by atoms with van der Waals surface area (Å²) >= 11 is 0. The van der Waals surface area contributed by atoms with Crippen LogP contribution in [0, 0.1) is 6.92 Å². The van der Waals surface area contributed by atoms with Crippen molar-refractivity contribution in [2.45, 2.75) is 37.6 Å². The molecule has 4 rings (SSSR count). The summed E-state index contributed by atoms with van der Waals surface area (Å²) in [7, 11) is 0. The highest BCUT2D eigenvalue weighted by molar-refractivity contribution is 5.79. The van der Waals surface area contributed by atoms with Gasteiger partial charge in [0.1, 0.15) is 30.1 Å². The van der Waals surface area contributed by atoms with Gasteiger partial charge in [0.25, 0.3) is 0 Å². The maximum atomic E-state index is 10.6. The summed E-state index contributed by atoms with van der Waals surface area (Å²) < 4.78 is 7.57. The largest absolute Gasteiger partial charge is 0.387 e. The van der Waals surface area contributed by atoms with E-state index in [9.17, 15) is 15.3 Å². The number of aliphatic hydroxyl groups excluding tert-OH is 3. The van der Waals surface area contributed by atoms with Crippen molar-refractivity contribution in [1.82, 2.24) is 9.55 Å². The van der Waals surface area contributed by atoms with Gasteiger partial charge in [-0.05, 0) is 30.2 Å². The summed E-state index contributed by atoms with van der Waals surface area (Å²) in [5, 5.41) is 32.4. The Morgan fingerprint density at radius 1 is 1.08 bits per heavy atom. The van der Waals surface area contributed by atoms with Crippen molar-refractivity contribution in [2.24, 2.45) is 0 Å². The fourth-order valence-corrected chi connectivity index (χ4v) is 3.41. The molecule has 1 saturated heterocycles. The van der Waals surface area contributed by atoms with E-state index in [1.165, 1.54) is 0 Å². The van der Waals surface area contributed by atoms with Crippen molar-refractivity contribution in [1.29, 1.82) is 0 Å². The molecule has 1 aromatic carbocycles. The molecule has 5 atom stereocenters. The van der Waals surface area contributed by atoms with E-state index in [1.807, 2.05) is 25.1 Å². The van der Waals surface area contributed by atoms with Crippen molar-refractivity contribution in [3.8, 4) is 0 Å². The van der Waals surface area contributed by atoms with E-state index in [0.717, 1.165) is 10.9 Å². The summed E-state index contributed by atoms with van der Waals surface area (Å²) in [6.07, 6.45) is -1.67. The minimum absolute atomic E-state index is 0.630. The smallest absolute Gasteiger partial charge is 0.164 e. The maximum absolute atomic E-state index is 10.6. The minimum Gasteiger partial charge on any atom is -0.387 e. The summed E-state index contributed by atoms with van der Waals surface area (Å²) in [6, 6.07) is 12.8. The molecule has 2 aromatic heterocycles. The van der Waals surface area contributed by atoms with E-state index in [4.69, 9.17) is 4.74 Å². The van der Waals surface area contributed by atoms with E-state index < -0.39 is 30.6 Å². The number of pyridine rings is 1. The van der Waals surface area contributed by atoms with Crippen LogP contribution < -0.4 is 0 Å². The van der Waals surface area contributed by atoms with E-state index in [1.54, 1.807) is 41.2 Å². The van der Waals surface area contributed by atoms with Crippen LogP contribution in [0.4, 0.5) is 0 Å². The number of rotatable bonds is 3. The summed E-state index contributed by atoms with van der Waals surface area (Å²) in [4.78, 5) is 4.36. The Morgan fingerprint density at radius 3 is 2.60 bits per heavy atom. The number of nitrogens with zero attached hydrogens (tertiary/aromatic N) is 2. The van der Waals surface area contributed by atoms with Gasteiger partial charge in [-0.1, -0.05) is 30.3 Å². The Labute approximate surface area is 144 Å². The maximum Gasteiger partial charge on any atom is 0.164 e. The fourth-order valence-electron chi connectivity index (χ4n) is 3.41. The van der Waals surface area contributed by atoms with Gasteiger partial charge in [0.2, 0.25) is 0 Å². The van der Waals surface area contributed by atoms with E-state index in [2.05, 4.69) is 4.98 Å². The summed E-state index contributed by atoms with van der Waals surface area (Å²) in [5.41, 5.74) is 2.37. The molecule has 1 fully saturated rings. The normalized spacial score (nSPS) is 27.7. The first-order valence-corrected chi connectivity index (χ1v) is 8.24. The van der Waals surface area contributed by atoms with Gasteiger partial charge in [-0.15, -0.1) is 0 Å². The zero-order chi connectivity index (χ0) is 17.6. The highest BCUT2D eigenvalue weighted by Crippen LogP contribution is 2.37. The van der Waals surface area contributed by atoms with Crippen LogP contribution in [0.2, 0.25) is 0 Å². The highest BCUT2D eigenvalue weighted by atomic mass is 16.6. The molecule has 0 amide bonds. The molecule has 1 aliphatic heterocycles. The molecule has 6 heteroatoms. The number of hydrogen-bond acceptors (Lipinski definition) is 5.